The van der Waals surface area contributed by atoms with Gasteiger partial charge >= 0.3 is 0 Å². The Balaban J connectivity index is 2.32. The largest absolute Gasteiger partial charge is 0.505 e. The van der Waals surface area contributed by atoms with Gasteiger partial charge in [-0.25, -0.2) is 0 Å². The smallest absolute Gasteiger partial charge is 0.261 e. The van der Waals surface area contributed by atoms with Crippen LogP contribution in [0, 0.1) is 0 Å². The summed E-state index contributed by atoms with van der Waals surface area (Å²) in [4.78, 5) is 12.3. The molecule has 0 aliphatic rings. The zero-order chi connectivity index (χ0) is 16.3. The number of hydrogen-bond acceptors (Lipinski definition) is 3. The van der Waals surface area contributed by atoms with Crippen LogP contribution >= 0.6 is 34.8 Å². The van der Waals surface area contributed by atoms with Crippen LogP contribution in [0.2, 0.25) is 15.1 Å². The molecule has 2 N–H and O–H groups in total. The van der Waals surface area contributed by atoms with Gasteiger partial charge in [-0.2, -0.15) is 0 Å². The molecule has 7 heteroatoms. The molecule has 0 aromatic heterocycles. The van der Waals surface area contributed by atoms with Crippen molar-refractivity contribution in [1.29, 1.82) is 0 Å². The van der Waals surface area contributed by atoms with Gasteiger partial charge in [0.25, 0.3) is 5.91 Å². The minimum Gasteiger partial charge on any atom is -0.505 e. The van der Waals surface area contributed by atoms with E-state index < -0.39 is 11.7 Å². The molecule has 22 heavy (non-hydrogen) atoms. The van der Waals surface area contributed by atoms with Crippen LogP contribution in [-0.2, 0) is 11.3 Å². The zero-order valence-electron chi connectivity index (χ0n) is 11.5. The monoisotopic (exact) mass is 359 g/mol. The number of amides is 1. The summed E-state index contributed by atoms with van der Waals surface area (Å²) in [7, 11) is 1.58. The highest BCUT2D eigenvalue weighted by atomic mass is 35.5. The molecule has 0 aliphatic heterocycles. The van der Waals surface area contributed by atoms with E-state index in [0.717, 1.165) is 5.56 Å². The van der Waals surface area contributed by atoms with Crippen molar-refractivity contribution < 1.29 is 14.6 Å². The molecule has 4 nitrogen and oxygen atoms in total. The van der Waals surface area contributed by atoms with Crippen LogP contribution in [0.15, 0.2) is 30.3 Å². The van der Waals surface area contributed by atoms with Gasteiger partial charge in [-0.05, 0) is 23.8 Å². The van der Waals surface area contributed by atoms with Gasteiger partial charge in [-0.15, -0.1) is 0 Å². The first-order valence-electron chi connectivity index (χ1n) is 6.19. The third-order valence-electron chi connectivity index (χ3n) is 2.87. The Bertz CT molecular complexity index is 693. The van der Waals surface area contributed by atoms with Gasteiger partial charge in [0.05, 0.1) is 21.7 Å². The van der Waals surface area contributed by atoms with Gasteiger partial charge in [0.15, 0.2) is 0 Å². The van der Waals surface area contributed by atoms with Crippen LogP contribution in [0.3, 0.4) is 0 Å². The Morgan fingerprint density at radius 2 is 1.95 bits per heavy atom. The highest BCUT2D eigenvalue weighted by Gasteiger charge is 2.21. The van der Waals surface area contributed by atoms with Crippen LogP contribution in [0.25, 0.3) is 0 Å². The first-order chi connectivity index (χ1) is 10.4. The molecule has 0 atom stereocenters. The molecule has 0 fully saturated rings. The number of hydrogen-bond donors (Lipinski definition) is 2. The molecule has 116 valence electrons. The van der Waals surface area contributed by atoms with E-state index in [0.29, 0.717) is 12.3 Å². The SMILES string of the molecule is COCc1cccc(NC(=O)c2c(O)c(Cl)cc(Cl)c2Cl)c1. The fourth-order valence-corrected chi connectivity index (χ4v) is 2.59. The summed E-state index contributed by atoms with van der Waals surface area (Å²) >= 11 is 17.7. The Kier molecular flexibility index (Phi) is 5.53. The van der Waals surface area contributed by atoms with E-state index in [1.165, 1.54) is 6.07 Å². The highest BCUT2D eigenvalue weighted by molar-refractivity contribution is 6.46. The molecule has 0 spiro atoms. The van der Waals surface area contributed by atoms with Crippen molar-refractivity contribution in [3.8, 4) is 5.75 Å². The minimum absolute atomic E-state index is 0.0484. The number of phenolic OH excluding ortho intramolecular Hbond substituents is 1. The lowest BCUT2D eigenvalue weighted by Crippen LogP contribution is -2.13. The van der Waals surface area contributed by atoms with Gasteiger partial charge in [0.2, 0.25) is 0 Å². The molecule has 0 radical (unpaired) electrons. The van der Waals surface area contributed by atoms with E-state index in [4.69, 9.17) is 39.5 Å². The summed E-state index contributed by atoms with van der Waals surface area (Å²) in [5.41, 5.74) is 1.25. The third-order valence-corrected chi connectivity index (χ3v) is 3.94. The van der Waals surface area contributed by atoms with Crippen molar-refractivity contribution in [2.45, 2.75) is 6.61 Å². The van der Waals surface area contributed by atoms with Crippen LogP contribution in [0.4, 0.5) is 5.69 Å². The van der Waals surface area contributed by atoms with Crippen LogP contribution in [-0.4, -0.2) is 18.1 Å². The number of anilines is 1. The molecule has 0 aliphatic carbocycles. The summed E-state index contributed by atoms with van der Waals surface area (Å²) in [5.74, 6) is -1.02. The normalized spacial score (nSPS) is 10.5. The molecular formula is C15H12Cl3NO3. The molecule has 0 saturated heterocycles. The molecule has 1 amide bonds. The summed E-state index contributed by atoms with van der Waals surface area (Å²) < 4.78 is 5.03. The lowest BCUT2D eigenvalue weighted by Gasteiger charge is -2.11. The van der Waals surface area contributed by atoms with Gasteiger partial charge in [0.1, 0.15) is 11.3 Å². The van der Waals surface area contributed by atoms with Crippen molar-refractivity contribution in [2.24, 2.45) is 0 Å². The fourth-order valence-electron chi connectivity index (χ4n) is 1.89. The second-order valence-electron chi connectivity index (χ2n) is 4.47. The van der Waals surface area contributed by atoms with Crippen molar-refractivity contribution in [2.75, 3.05) is 12.4 Å². The van der Waals surface area contributed by atoms with Crippen molar-refractivity contribution in [3.63, 3.8) is 0 Å². The Morgan fingerprint density at radius 1 is 1.23 bits per heavy atom. The average Bonchev–Trinajstić information content (AvgIpc) is 2.46. The number of rotatable bonds is 4. The van der Waals surface area contributed by atoms with Gasteiger partial charge < -0.3 is 15.2 Å². The van der Waals surface area contributed by atoms with Crippen LogP contribution in [0.5, 0.6) is 5.75 Å². The lowest BCUT2D eigenvalue weighted by molar-refractivity contribution is 0.102. The van der Waals surface area contributed by atoms with E-state index in [2.05, 4.69) is 5.32 Å². The van der Waals surface area contributed by atoms with E-state index in [-0.39, 0.29) is 20.6 Å². The van der Waals surface area contributed by atoms with Gasteiger partial charge in [-0.1, -0.05) is 46.9 Å². The summed E-state index contributed by atoms with van der Waals surface area (Å²) in [5, 5.41) is 12.5. The average molecular weight is 361 g/mol. The third kappa shape index (κ3) is 3.65. The van der Waals surface area contributed by atoms with E-state index >= 15 is 0 Å². The summed E-state index contributed by atoms with van der Waals surface area (Å²) in [6.07, 6.45) is 0. The van der Waals surface area contributed by atoms with Crippen LogP contribution < -0.4 is 5.32 Å². The predicted octanol–water partition coefficient (Wildman–Crippen LogP) is 4.75. The summed E-state index contributed by atoms with van der Waals surface area (Å²) in [6.45, 7) is 0.415. The molecule has 2 aromatic carbocycles. The quantitative estimate of drug-likeness (QED) is 0.773. The van der Waals surface area contributed by atoms with Crippen molar-refractivity contribution in [1.82, 2.24) is 0 Å². The number of halogens is 3. The molecule has 2 aromatic rings. The van der Waals surface area contributed by atoms with Crippen molar-refractivity contribution >= 4 is 46.4 Å². The maximum absolute atomic E-state index is 12.3. The maximum atomic E-state index is 12.3. The van der Waals surface area contributed by atoms with Gasteiger partial charge in [0, 0.05) is 12.8 Å². The second-order valence-corrected chi connectivity index (χ2v) is 5.66. The Labute approximate surface area is 142 Å². The second kappa shape index (κ2) is 7.20. The number of carbonyl (C=O) groups excluding carboxylic acids is 1. The molecule has 0 heterocycles. The number of carbonyl (C=O) groups is 1. The fraction of sp³-hybridized carbons (Fsp3) is 0.133. The maximum Gasteiger partial charge on any atom is 0.261 e. The highest BCUT2D eigenvalue weighted by Crippen LogP contribution is 2.38. The van der Waals surface area contributed by atoms with E-state index in [1.807, 2.05) is 6.07 Å². The lowest BCUT2D eigenvalue weighted by atomic mass is 10.1. The zero-order valence-corrected chi connectivity index (χ0v) is 13.8. The number of benzene rings is 2. The van der Waals surface area contributed by atoms with E-state index in [1.54, 1.807) is 25.3 Å². The van der Waals surface area contributed by atoms with Crippen molar-refractivity contribution in [3.05, 3.63) is 56.5 Å². The predicted molar refractivity (Wildman–Crippen MR) is 88.2 cm³/mol. The van der Waals surface area contributed by atoms with E-state index in [9.17, 15) is 9.90 Å². The van der Waals surface area contributed by atoms with Gasteiger partial charge in [-0.3, -0.25) is 4.79 Å². The molecule has 0 unspecified atom stereocenters. The Morgan fingerprint density at radius 3 is 2.64 bits per heavy atom. The minimum atomic E-state index is -0.610. The number of ether oxygens (including phenoxy) is 1. The topological polar surface area (TPSA) is 58.6 Å². The standard InChI is InChI=1S/C15H12Cl3NO3/c1-22-7-8-3-2-4-9(5-8)19-15(21)12-13(18)10(16)6-11(17)14(12)20/h2-6,20H,7H2,1H3,(H,19,21). The number of aromatic hydroxyl groups is 1. The molecule has 0 saturated carbocycles. The number of methoxy groups -OCH3 is 1. The number of nitrogens with one attached hydrogen (secondary N) is 1. The molecule has 0 bridgehead atoms. The van der Waals surface area contributed by atoms with Crippen LogP contribution in [0.1, 0.15) is 15.9 Å². The summed E-state index contributed by atoms with van der Waals surface area (Å²) in [6, 6.07) is 8.36. The molecular weight excluding hydrogens is 349 g/mol. The Hall–Kier alpha value is -1.46. The molecule has 2 rings (SSSR count). The first-order valence-corrected chi connectivity index (χ1v) is 7.33. The first kappa shape index (κ1) is 16.9. The number of phenols is 1.